The van der Waals surface area contributed by atoms with E-state index < -0.39 is 23.8 Å². The summed E-state index contributed by atoms with van der Waals surface area (Å²) in [7, 11) is -1.34. The third-order valence-electron chi connectivity index (χ3n) is 9.13. The van der Waals surface area contributed by atoms with E-state index in [2.05, 4.69) is 273 Å². The summed E-state index contributed by atoms with van der Waals surface area (Å²) in [5.41, 5.74) is 0. The molecule has 0 spiro atoms. The zero-order chi connectivity index (χ0) is 38.7. The third kappa shape index (κ3) is 12.0. The molecule has 284 valence electrons. The third-order valence-corrected chi connectivity index (χ3v) is 16.5. The van der Waals surface area contributed by atoms with Gasteiger partial charge in [-0.25, -0.2) is 0 Å². The molecule has 0 saturated heterocycles. The van der Waals surface area contributed by atoms with E-state index in [0.29, 0.717) is 0 Å². The van der Waals surface area contributed by atoms with Gasteiger partial charge in [0.2, 0.25) is 0 Å². The number of rotatable bonds is 9. The molecule has 0 N–H and O–H groups in total. The molecule has 9 aromatic rings. The molecule has 0 aliphatic carbocycles. The molecular formula is C54H45P3Ru. The maximum Gasteiger partial charge on any atom is 0 e. The second-order valence-electron chi connectivity index (χ2n) is 13.0. The van der Waals surface area contributed by atoms with Crippen LogP contribution in [0.1, 0.15) is 0 Å². The zero-order valence-electron chi connectivity index (χ0n) is 32.2. The summed E-state index contributed by atoms with van der Waals surface area (Å²) in [6.45, 7) is 0. The summed E-state index contributed by atoms with van der Waals surface area (Å²) >= 11 is 0. The molecule has 0 heterocycles. The summed E-state index contributed by atoms with van der Waals surface area (Å²) in [6.07, 6.45) is 0. The second-order valence-corrected chi connectivity index (χ2v) is 19.7. The first-order valence-electron chi connectivity index (χ1n) is 19.2. The van der Waals surface area contributed by atoms with Crippen LogP contribution in [0.3, 0.4) is 0 Å². The Labute approximate surface area is 361 Å². The van der Waals surface area contributed by atoms with Crippen molar-refractivity contribution in [2.45, 2.75) is 0 Å². The smallest absolute Gasteiger partial charge is 0 e. The van der Waals surface area contributed by atoms with Gasteiger partial charge in [-0.15, -0.1) is 0 Å². The fraction of sp³-hybridized carbons (Fsp3) is 0. The molecule has 0 aliphatic rings. The summed E-state index contributed by atoms with van der Waals surface area (Å²) in [5.74, 6) is 0. The Balaban J connectivity index is 0.000000145. The second kappa shape index (κ2) is 23.3. The molecule has 0 fully saturated rings. The van der Waals surface area contributed by atoms with Crippen molar-refractivity contribution in [1.29, 1.82) is 0 Å². The van der Waals surface area contributed by atoms with Crippen molar-refractivity contribution in [3.63, 3.8) is 0 Å². The van der Waals surface area contributed by atoms with E-state index in [4.69, 9.17) is 0 Å². The Bertz CT molecular complexity index is 1860. The maximum atomic E-state index is 2.23. The van der Waals surface area contributed by atoms with Crippen LogP contribution in [0.25, 0.3) is 0 Å². The van der Waals surface area contributed by atoms with Gasteiger partial charge >= 0.3 is 0 Å². The topological polar surface area (TPSA) is 0 Å². The first kappa shape index (κ1) is 42.5. The summed E-state index contributed by atoms with van der Waals surface area (Å²) in [6, 6.07) is 97.0. The van der Waals surface area contributed by atoms with Crippen molar-refractivity contribution in [2.75, 3.05) is 0 Å². The normalized spacial score (nSPS) is 10.4. The van der Waals surface area contributed by atoms with E-state index >= 15 is 0 Å². The fourth-order valence-electron chi connectivity index (χ4n) is 6.54. The van der Waals surface area contributed by atoms with Crippen molar-refractivity contribution in [3.8, 4) is 0 Å². The minimum absolute atomic E-state index is 0. The van der Waals surface area contributed by atoms with Crippen LogP contribution in [-0.4, -0.2) is 0 Å². The van der Waals surface area contributed by atoms with Gasteiger partial charge < -0.3 is 0 Å². The Morgan fingerprint density at radius 3 is 0.310 bits per heavy atom. The van der Waals surface area contributed by atoms with Crippen molar-refractivity contribution in [3.05, 3.63) is 273 Å². The summed E-state index contributed by atoms with van der Waals surface area (Å²) in [5, 5.41) is 12.6. The number of benzene rings is 9. The van der Waals surface area contributed by atoms with Gasteiger partial charge in [0.25, 0.3) is 0 Å². The van der Waals surface area contributed by atoms with E-state index in [1.165, 1.54) is 47.7 Å². The standard InChI is InChI=1S/3C18H15P.Ru/c3*1-4-10-16(11-5-1)19(17-12-6-2-7-13-17)18-14-8-3-9-15-18;/h3*1-15H;. The Hall–Kier alpha value is -5.11. The molecule has 0 saturated carbocycles. The molecular weight excluding hydrogens is 843 g/mol. The molecule has 58 heavy (non-hydrogen) atoms. The van der Waals surface area contributed by atoms with Crippen molar-refractivity contribution < 1.29 is 19.5 Å². The molecule has 0 amide bonds. The van der Waals surface area contributed by atoms with Crippen LogP contribution in [0.4, 0.5) is 0 Å². The van der Waals surface area contributed by atoms with Crippen LogP contribution in [0, 0.1) is 0 Å². The van der Waals surface area contributed by atoms with Gasteiger partial charge in [0.05, 0.1) is 0 Å². The average molecular weight is 888 g/mol. The summed E-state index contributed by atoms with van der Waals surface area (Å²) in [4.78, 5) is 0. The van der Waals surface area contributed by atoms with Gasteiger partial charge in [0.15, 0.2) is 0 Å². The van der Waals surface area contributed by atoms with Crippen molar-refractivity contribution in [1.82, 2.24) is 0 Å². The van der Waals surface area contributed by atoms with E-state index in [1.54, 1.807) is 0 Å². The van der Waals surface area contributed by atoms with Gasteiger partial charge in [0, 0.05) is 19.5 Å². The molecule has 9 aromatic carbocycles. The molecule has 0 unspecified atom stereocenters. The Morgan fingerprint density at radius 2 is 0.224 bits per heavy atom. The largest absolute Gasteiger partial charge is 0.0622 e. The van der Waals surface area contributed by atoms with Crippen LogP contribution in [0.15, 0.2) is 273 Å². The maximum absolute atomic E-state index is 2.23. The first-order valence-corrected chi connectivity index (χ1v) is 23.2. The first-order chi connectivity index (χ1) is 28.3. The predicted molar refractivity (Wildman–Crippen MR) is 255 cm³/mol. The molecule has 9 rings (SSSR count). The SMILES string of the molecule is [Ru].c1ccc(P(c2ccccc2)c2ccccc2)cc1.c1ccc(P(c2ccccc2)c2ccccc2)cc1.c1ccc(P(c2ccccc2)c2ccccc2)cc1. The fourth-order valence-corrected chi connectivity index (χ4v) is 13.5. The molecule has 0 aliphatic heterocycles. The minimum Gasteiger partial charge on any atom is -0.0622 e. The van der Waals surface area contributed by atoms with E-state index in [-0.39, 0.29) is 19.5 Å². The van der Waals surface area contributed by atoms with E-state index in [0.717, 1.165) is 0 Å². The van der Waals surface area contributed by atoms with Crippen LogP contribution < -0.4 is 47.7 Å². The van der Waals surface area contributed by atoms with Crippen LogP contribution in [-0.2, 0) is 19.5 Å². The van der Waals surface area contributed by atoms with E-state index in [9.17, 15) is 0 Å². The quantitative estimate of drug-likeness (QED) is 0.100. The van der Waals surface area contributed by atoms with Gasteiger partial charge in [-0.1, -0.05) is 273 Å². The number of hydrogen-bond donors (Lipinski definition) is 0. The predicted octanol–water partition coefficient (Wildman–Crippen LogP) is 10.3. The van der Waals surface area contributed by atoms with Crippen LogP contribution in [0.2, 0.25) is 0 Å². The monoisotopic (exact) mass is 888 g/mol. The number of hydrogen-bond acceptors (Lipinski definition) is 0. The Morgan fingerprint density at radius 1 is 0.138 bits per heavy atom. The van der Waals surface area contributed by atoms with Gasteiger partial charge in [0.1, 0.15) is 0 Å². The molecule has 0 nitrogen and oxygen atoms in total. The van der Waals surface area contributed by atoms with Crippen LogP contribution >= 0.6 is 23.8 Å². The molecule has 0 bridgehead atoms. The minimum atomic E-state index is -0.446. The molecule has 0 aromatic heterocycles. The zero-order valence-corrected chi connectivity index (χ0v) is 36.6. The Kier molecular flexibility index (Phi) is 17.1. The molecule has 0 radical (unpaired) electrons. The van der Waals surface area contributed by atoms with Crippen molar-refractivity contribution >= 4 is 71.5 Å². The molecule has 4 heteroatoms. The van der Waals surface area contributed by atoms with Gasteiger partial charge in [-0.2, -0.15) is 0 Å². The average Bonchev–Trinajstić information content (AvgIpc) is 3.30. The summed E-state index contributed by atoms with van der Waals surface area (Å²) < 4.78 is 0. The molecule has 0 atom stereocenters. The van der Waals surface area contributed by atoms with Crippen LogP contribution in [0.5, 0.6) is 0 Å². The van der Waals surface area contributed by atoms with Gasteiger partial charge in [-0.05, 0) is 71.5 Å². The van der Waals surface area contributed by atoms with Gasteiger partial charge in [-0.3, -0.25) is 0 Å². The van der Waals surface area contributed by atoms with Crippen molar-refractivity contribution in [2.24, 2.45) is 0 Å². The van der Waals surface area contributed by atoms with E-state index in [1.807, 2.05) is 0 Å².